The minimum Gasteiger partial charge on any atom is -0.309 e. The van der Waals surface area contributed by atoms with Gasteiger partial charge >= 0.3 is 0 Å². The number of benzene rings is 7. The molecule has 0 amide bonds. The van der Waals surface area contributed by atoms with Gasteiger partial charge in [-0.05, 0) is 64.0 Å². The van der Waals surface area contributed by atoms with Gasteiger partial charge in [0.25, 0.3) is 0 Å². The average molecular weight is 594 g/mol. The fourth-order valence-electron chi connectivity index (χ4n) is 7.52. The number of nitrogens with zero attached hydrogens (tertiary/aromatic N) is 1. The van der Waals surface area contributed by atoms with Gasteiger partial charge in [0.15, 0.2) is 0 Å². The van der Waals surface area contributed by atoms with Gasteiger partial charge in [-0.15, -0.1) is 11.3 Å². The van der Waals surface area contributed by atoms with E-state index in [0.717, 1.165) is 0 Å². The Labute approximate surface area is 267 Å². The molecule has 0 atom stereocenters. The molecule has 1 aromatic heterocycles. The summed E-state index contributed by atoms with van der Waals surface area (Å²) in [6, 6.07) is 55.9. The largest absolute Gasteiger partial charge is 0.309 e. The summed E-state index contributed by atoms with van der Waals surface area (Å²) in [5.41, 5.74) is 11.3. The first-order valence-corrected chi connectivity index (χ1v) is 16.4. The molecular weight excluding hydrogens is 563 g/mol. The molecule has 1 aliphatic rings. The lowest BCUT2D eigenvalue weighted by Gasteiger charge is -2.31. The van der Waals surface area contributed by atoms with Crippen molar-refractivity contribution in [1.82, 2.24) is 0 Å². The molecule has 0 radical (unpaired) electrons. The van der Waals surface area contributed by atoms with Crippen molar-refractivity contribution in [2.24, 2.45) is 0 Å². The second-order valence-electron chi connectivity index (χ2n) is 12.5. The predicted octanol–water partition coefficient (Wildman–Crippen LogP) is 12.7. The van der Waals surface area contributed by atoms with Crippen LogP contribution in [-0.2, 0) is 5.41 Å². The molecule has 9 rings (SSSR count). The third kappa shape index (κ3) is 3.92. The van der Waals surface area contributed by atoms with Crippen LogP contribution in [0.25, 0.3) is 53.2 Å². The van der Waals surface area contributed by atoms with E-state index in [9.17, 15) is 0 Å². The van der Waals surface area contributed by atoms with Gasteiger partial charge in [-0.3, -0.25) is 0 Å². The fraction of sp³-hybridized carbons (Fsp3) is 0.0698. The van der Waals surface area contributed by atoms with Crippen LogP contribution in [0.1, 0.15) is 25.0 Å². The van der Waals surface area contributed by atoms with Crippen LogP contribution in [0.4, 0.5) is 17.1 Å². The SMILES string of the molecule is CC1(C)c2ccccc2-c2c(N(c3ccccc3-c3ccc4sc5ccccc5c4c3)c3cccc4ccccc34)cccc21. The van der Waals surface area contributed by atoms with Crippen LogP contribution in [-0.4, -0.2) is 0 Å². The van der Waals surface area contributed by atoms with Gasteiger partial charge < -0.3 is 4.90 Å². The molecule has 45 heavy (non-hydrogen) atoms. The summed E-state index contributed by atoms with van der Waals surface area (Å²) in [7, 11) is 0. The quantitative estimate of drug-likeness (QED) is 0.196. The van der Waals surface area contributed by atoms with E-state index in [-0.39, 0.29) is 5.41 Å². The molecule has 0 fully saturated rings. The number of anilines is 3. The molecule has 0 unspecified atom stereocenters. The molecule has 0 N–H and O–H groups in total. The van der Waals surface area contributed by atoms with Crippen molar-refractivity contribution >= 4 is 59.3 Å². The monoisotopic (exact) mass is 593 g/mol. The van der Waals surface area contributed by atoms with E-state index in [4.69, 9.17) is 0 Å². The number of fused-ring (bicyclic) bond motifs is 7. The molecule has 0 spiro atoms. The Balaban J connectivity index is 1.35. The van der Waals surface area contributed by atoms with Crippen LogP contribution in [0.15, 0.2) is 152 Å². The highest BCUT2D eigenvalue weighted by Gasteiger charge is 2.38. The summed E-state index contributed by atoms with van der Waals surface area (Å²) in [5, 5.41) is 5.10. The minimum absolute atomic E-state index is 0.0864. The Bertz CT molecular complexity index is 2420. The van der Waals surface area contributed by atoms with E-state index in [0.29, 0.717) is 0 Å². The van der Waals surface area contributed by atoms with Crippen molar-refractivity contribution < 1.29 is 0 Å². The zero-order valence-corrected chi connectivity index (χ0v) is 26.1. The fourth-order valence-corrected chi connectivity index (χ4v) is 8.61. The number of para-hydroxylation sites is 1. The maximum absolute atomic E-state index is 2.52. The Morgan fingerprint density at radius 3 is 2.00 bits per heavy atom. The first kappa shape index (κ1) is 26.2. The molecule has 7 aromatic carbocycles. The lowest BCUT2D eigenvalue weighted by atomic mass is 9.82. The van der Waals surface area contributed by atoms with Crippen LogP contribution in [0.2, 0.25) is 0 Å². The standard InChI is InChI=1S/C43H31NS/c1-43(2)35-19-8-5-18-33(35)42-36(43)20-12-23-39(42)44(38-22-11-14-28-13-3-4-15-30(28)38)37-21-9-6-16-31(37)29-25-26-41-34(27-29)32-17-7-10-24-40(32)45-41/h3-27H,1-2H3. The molecule has 0 aliphatic heterocycles. The third-order valence-electron chi connectivity index (χ3n) is 9.67. The van der Waals surface area contributed by atoms with Gasteiger partial charge in [-0.1, -0.05) is 129 Å². The highest BCUT2D eigenvalue weighted by molar-refractivity contribution is 7.25. The second-order valence-corrected chi connectivity index (χ2v) is 13.6. The molecule has 0 saturated carbocycles. The van der Waals surface area contributed by atoms with E-state index >= 15 is 0 Å². The van der Waals surface area contributed by atoms with Crippen LogP contribution < -0.4 is 4.90 Å². The normalized spacial score (nSPS) is 13.3. The van der Waals surface area contributed by atoms with Crippen molar-refractivity contribution in [3.8, 4) is 22.3 Å². The predicted molar refractivity (Wildman–Crippen MR) is 195 cm³/mol. The summed E-state index contributed by atoms with van der Waals surface area (Å²) < 4.78 is 2.65. The molecule has 214 valence electrons. The first-order chi connectivity index (χ1) is 22.1. The van der Waals surface area contributed by atoms with Gasteiger partial charge in [0.1, 0.15) is 0 Å². The van der Waals surface area contributed by atoms with Crippen molar-refractivity contribution in [1.29, 1.82) is 0 Å². The summed E-state index contributed by atoms with van der Waals surface area (Å²) >= 11 is 1.87. The van der Waals surface area contributed by atoms with Crippen molar-refractivity contribution in [3.05, 3.63) is 163 Å². The molecule has 0 bridgehead atoms. The van der Waals surface area contributed by atoms with E-state index in [1.54, 1.807) is 0 Å². The maximum atomic E-state index is 2.52. The lowest BCUT2D eigenvalue weighted by molar-refractivity contribution is 0.660. The molecule has 2 heteroatoms. The number of thiophene rings is 1. The van der Waals surface area contributed by atoms with Crippen LogP contribution >= 0.6 is 11.3 Å². The minimum atomic E-state index is -0.0864. The number of hydrogen-bond acceptors (Lipinski definition) is 2. The molecule has 1 nitrogen and oxygen atoms in total. The Kier molecular flexibility index (Phi) is 5.78. The first-order valence-electron chi connectivity index (χ1n) is 15.6. The Hall–Kier alpha value is -5.18. The van der Waals surface area contributed by atoms with E-state index in [2.05, 4.69) is 170 Å². The molecule has 0 saturated heterocycles. The zero-order chi connectivity index (χ0) is 30.1. The maximum Gasteiger partial charge on any atom is 0.0543 e. The van der Waals surface area contributed by atoms with Crippen LogP contribution in [0, 0.1) is 0 Å². The van der Waals surface area contributed by atoms with Gasteiger partial charge in [-0.2, -0.15) is 0 Å². The average Bonchev–Trinajstić information content (AvgIpc) is 3.57. The topological polar surface area (TPSA) is 3.24 Å². The van der Waals surface area contributed by atoms with E-state index in [1.807, 2.05) is 11.3 Å². The van der Waals surface area contributed by atoms with Crippen LogP contribution in [0.3, 0.4) is 0 Å². The van der Waals surface area contributed by atoms with Gasteiger partial charge in [0, 0.05) is 42.1 Å². The lowest BCUT2D eigenvalue weighted by Crippen LogP contribution is -2.16. The van der Waals surface area contributed by atoms with E-state index in [1.165, 1.54) is 81.4 Å². The van der Waals surface area contributed by atoms with E-state index < -0.39 is 0 Å². The van der Waals surface area contributed by atoms with Crippen molar-refractivity contribution in [3.63, 3.8) is 0 Å². The molecule has 1 aliphatic carbocycles. The smallest absolute Gasteiger partial charge is 0.0543 e. The second kappa shape index (κ2) is 9.92. The number of rotatable bonds is 4. The summed E-state index contributed by atoms with van der Waals surface area (Å²) in [6.45, 7) is 4.72. The third-order valence-corrected chi connectivity index (χ3v) is 10.8. The molecular formula is C43H31NS. The number of hydrogen-bond donors (Lipinski definition) is 0. The van der Waals surface area contributed by atoms with Crippen molar-refractivity contribution in [2.75, 3.05) is 4.90 Å². The van der Waals surface area contributed by atoms with Crippen LogP contribution in [0.5, 0.6) is 0 Å². The van der Waals surface area contributed by atoms with Crippen molar-refractivity contribution in [2.45, 2.75) is 19.3 Å². The van der Waals surface area contributed by atoms with Gasteiger partial charge in [0.2, 0.25) is 0 Å². The zero-order valence-electron chi connectivity index (χ0n) is 25.3. The highest BCUT2D eigenvalue weighted by Crippen LogP contribution is 2.55. The highest BCUT2D eigenvalue weighted by atomic mass is 32.1. The Morgan fingerprint density at radius 1 is 0.467 bits per heavy atom. The summed E-state index contributed by atoms with van der Waals surface area (Å²) in [5.74, 6) is 0. The van der Waals surface area contributed by atoms with Gasteiger partial charge in [-0.25, -0.2) is 0 Å². The molecule has 1 heterocycles. The molecule has 8 aromatic rings. The Morgan fingerprint density at radius 2 is 1.09 bits per heavy atom. The summed E-state index contributed by atoms with van der Waals surface area (Å²) in [4.78, 5) is 2.52. The van der Waals surface area contributed by atoms with Gasteiger partial charge in [0.05, 0.1) is 17.1 Å². The summed E-state index contributed by atoms with van der Waals surface area (Å²) in [6.07, 6.45) is 0.